The monoisotopic (exact) mass is 416 g/mol. The minimum absolute atomic E-state index is 0.0204. The number of hydrogen-bond acceptors (Lipinski definition) is 7. The lowest BCUT2D eigenvalue weighted by Crippen LogP contribution is -2.10. The third-order valence-electron chi connectivity index (χ3n) is 4.83. The number of nitrogens with zero attached hydrogens (tertiary/aromatic N) is 6. The van der Waals surface area contributed by atoms with Crippen molar-refractivity contribution < 1.29 is 4.92 Å². The van der Waals surface area contributed by atoms with E-state index in [-0.39, 0.29) is 5.69 Å². The van der Waals surface area contributed by atoms with E-state index in [1.807, 2.05) is 17.4 Å². The van der Waals surface area contributed by atoms with Crippen molar-refractivity contribution in [1.82, 2.24) is 24.5 Å². The number of rotatable bonds is 7. The van der Waals surface area contributed by atoms with E-state index in [9.17, 15) is 10.1 Å². The zero-order valence-electron chi connectivity index (χ0n) is 15.4. The molecule has 3 aromatic rings. The second kappa shape index (κ2) is 7.88. The minimum Gasteiger partial charge on any atom is -0.298 e. The van der Waals surface area contributed by atoms with E-state index in [0.717, 1.165) is 29.7 Å². The van der Waals surface area contributed by atoms with Gasteiger partial charge in [-0.15, -0.1) is 28.1 Å². The van der Waals surface area contributed by atoms with Crippen LogP contribution in [0.1, 0.15) is 23.8 Å². The molecule has 4 rings (SSSR count). The van der Waals surface area contributed by atoms with Crippen LogP contribution in [0.15, 0.2) is 35.6 Å². The molecule has 146 valence electrons. The van der Waals surface area contributed by atoms with Crippen molar-refractivity contribution in [3.8, 4) is 11.4 Å². The molecule has 0 fully saturated rings. The van der Waals surface area contributed by atoms with E-state index >= 15 is 0 Å². The Morgan fingerprint density at radius 1 is 1.50 bits per heavy atom. The molecule has 0 bridgehead atoms. The largest absolute Gasteiger partial charge is 0.307 e. The average Bonchev–Trinajstić information content (AvgIpc) is 3.38. The molecule has 1 aliphatic rings. The number of allylic oxidation sites excluding steroid dienone is 1. The molecular formula is C18H20N6O2S2. The summed E-state index contributed by atoms with van der Waals surface area (Å²) in [7, 11) is 0. The van der Waals surface area contributed by atoms with Crippen LogP contribution in [-0.2, 0) is 25.3 Å². The predicted octanol–water partition coefficient (Wildman–Crippen LogP) is 4.17. The van der Waals surface area contributed by atoms with Gasteiger partial charge in [-0.05, 0) is 30.7 Å². The molecule has 0 amide bonds. The van der Waals surface area contributed by atoms with Crippen molar-refractivity contribution in [1.29, 1.82) is 0 Å². The highest BCUT2D eigenvalue weighted by Gasteiger charge is 2.24. The lowest BCUT2D eigenvalue weighted by atomic mass is 9.88. The first-order valence-electron chi connectivity index (χ1n) is 9.00. The van der Waals surface area contributed by atoms with Gasteiger partial charge in [0.15, 0.2) is 11.0 Å². The van der Waals surface area contributed by atoms with Gasteiger partial charge < -0.3 is 0 Å². The Bertz CT molecular complexity index is 1020. The zero-order valence-corrected chi connectivity index (χ0v) is 17.1. The first kappa shape index (κ1) is 18.9. The second-order valence-corrected chi connectivity index (χ2v) is 8.75. The quantitative estimate of drug-likeness (QED) is 0.248. The maximum atomic E-state index is 10.8. The van der Waals surface area contributed by atoms with Crippen LogP contribution in [-0.4, -0.2) is 29.5 Å². The molecule has 28 heavy (non-hydrogen) atoms. The van der Waals surface area contributed by atoms with Crippen molar-refractivity contribution in [3.05, 3.63) is 51.0 Å². The fourth-order valence-electron chi connectivity index (χ4n) is 3.39. The van der Waals surface area contributed by atoms with Crippen LogP contribution in [0.3, 0.4) is 0 Å². The molecule has 0 radical (unpaired) electrons. The molecule has 1 atom stereocenters. The topological polar surface area (TPSA) is 91.7 Å². The third kappa shape index (κ3) is 3.61. The van der Waals surface area contributed by atoms with Crippen LogP contribution in [0.4, 0.5) is 5.69 Å². The highest BCUT2D eigenvalue weighted by Crippen LogP contribution is 2.38. The summed E-state index contributed by atoms with van der Waals surface area (Å²) in [6, 6.07) is 0. The average molecular weight is 417 g/mol. The second-order valence-electron chi connectivity index (χ2n) is 6.87. The van der Waals surface area contributed by atoms with Gasteiger partial charge in [0.05, 0.1) is 10.8 Å². The van der Waals surface area contributed by atoms with E-state index in [0.29, 0.717) is 12.4 Å². The normalized spacial score (nSPS) is 16.1. The Kier molecular flexibility index (Phi) is 5.31. The summed E-state index contributed by atoms with van der Waals surface area (Å²) in [6.45, 7) is 6.77. The van der Waals surface area contributed by atoms with Gasteiger partial charge in [-0.1, -0.05) is 24.8 Å². The van der Waals surface area contributed by atoms with Crippen LogP contribution in [0.5, 0.6) is 0 Å². The number of aromatic nitrogens is 5. The summed E-state index contributed by atoms with van der Waals surface area (Å²) in [5.74, 6) is 2.01. The Morgan fingerprint density at radius 2 is 2.36 bits per heavy atom. The highest BCUT2D eigenvalue weighted by molar-refractivity contribution is 7.98. The van der Waals surface area contributed by atoms with Crippen molar-refractivity contribution >= 4 is 28.8 Å². The van der Waals surface area contributed by atoms with Gasteiger partial charge in [0.2, 0.25) is 0 Å². The van der Waals surface area contributed by atoms with Gasteiger partial charge >= 0.3 is 5.69 Å². The number of nitro groups is 1. The van der Waals surface area contributed by atoms with Crippen molar-refractivity contribution in [2.24, 2.45) is 5.92 Å². The molecule has 3 aromatic heterocycles. The Hall–Kier alpha value is -2.46. The number of hydrogen-bond donors (Lipinski definition) is 0. The molecule has 0 saturated carbocycles. The molecule has 8 nitrogen and oxygen atoms in total. The Balaban J connectivity index is 1.59. The fourth-order valence-corrected chi connectivity index (χ4v) is 5.44. The first-order chi connectivity index (χ1) is 13.6. The molecule has 10 heteroatoms. The first-order valence-corrected chi connectivity index (χ1v) is 10.9. The van der Waals surface area contributed by atoms with E-state index in [1.165, 1.54) is 51.3 Å². The molecule has 3 heterocycles. The summed E-state index contributed by atoms with van der Waals surface area (Å²) in [6.07, 6.45) is 7.91. The summed E-state index contributed by atoms with van der Waals surface area (Å²) in [4.78, 5) is 11.8. The van der Waals surface area contributed by atoms with Crippen molar-refractivity contribution in [2.75, 3.05) is 0 Å². The van der Waals surface area contributed by atoms with E-state index in [1.54, 1.807) is 0 Å². The van der Waals surface area contributed by atoms with Gasteiger partial charge in [0.1, 0.15) is 12.4 Å². The number of thioether (sulfide) groups is 1. The maximum absolute atomic E-state index is 10.8. The van der Waals surface area contributed by atoms with E-state index < -0.39 is 4.92 Å². The van der Waals surface area contributed by atoms with Gasteiger partial charge in [-0.3, -0.25) is 19.4 Å². The lowest BCUT2D eigenvalue weighted by molar-refractivity contribution is -0.385. The summed E-state index contributed by atoms with van der Waals surface area (Å²) >= 11 is 3.25. The van der Waals surface area contributed by atoms with Crippen LogP contribution in [0.25, 0.3) is 11.4 Å². The summed E-state index contributed by atoms with van der Waals surface area (Å²) in [5.41, 5.74) is 2.55. The molecule has 0 aliphatic heterocycles. The smallest absolute Gasteiger partial charge is 0.298 e. The molecule has 0 spiro atoms. The van der Waals surface area contributed by atoms with Crippen molar-refractivity contribution in [2.45, 2.75) is 43.8 Å². The van der Waals surface area contributed by atoms with Crippen LogP contribution in [0.2, 0.25) is 0 Å². The standard InChI is InChI=1S/C18H20N6O2S2/c1-3-6-23-17(15-10-27-16-7-12(2)4-5-14(15)16)20-21-18(23)28-11-22-9-13(8-19-22)24(25)26/h3,8-10,12H,1,4-7,11H2,2H3/t12-/m0/s1. The van der Waals surface area contributed by atoms with E-state index in [4.69, 9.17) is 0 Å². The zero-order chi connectivity index (χ0) is 19.7. The molecule has 0 saturated heterocycles. The van der Waals surface area contributed by atoms with E-state index in [2.05, 4.69) is 38.7 Å². The van der Waals surface area contributed by atoms with Gasteiger partial charge in [0.25, 0.3) is 0 Å². The Labute approximate surface area is 170 Å². The molecule has 1 aliphatic carbocycles. The molecular weight excluding hydrogens is 396 g/mol. The molecule has 0 unspecified atom stereocenters. The molecule has 0 aromatic carbocycles. The minimum atomic E-state index is -0.451. The number of fused-ring (bicyclic) bond motifs is 1. The maximum Gasteiger partial charge on any atom is 0.307 e. The fraction of sp³-hybridized carbons (Fsp3) is 0.389. The number of thiophene rings is 1. The van der Waals surface area contributed by atoms with Crippen LogP contribution < -0.4 is 0 Å². The third-order valence-corrected chi connectivity index (χ3v) is 6.83. The van der Waals surface area contributed by atoms with Crippen molar-refractivity contribution in [3.63, 3.8) is 0 Å². The highest BCUT2D eigenvalue weighted by atomic mass is 32.2. The van der Waals surface area contributed by atoms with Crippen LogP contribution in [0, 0.1) is 16.0 Å². The SMILES string of the molecule is C=CCn1c(SCn2cc([N+](=O)[O-])cn2)nnc1-c1csc2c1CC[C@H](C)C2. The van der Waals surface area contributed by atoms with Gasteiger partial charge in [0, 0.05) is 22.4 Å². The predicted molar refractivity (Wildman–Crippen MR) is 109 cm³/mol. The Morgan fingerprint density at radius 3 is 3.11 bits per heavy atom. The lowest BCUT2D eigenvalue weighted by Gasteiger charge is -2.19. The molecule has 0 N–H and O–H groups in total. The summed E-state index contributed by atoms with van der Waals surface area (Å²) in [5, 5.41) is 26.6. The van der Waals surface area contributed by atoms with Gasteiger partial charge in [-0.2, -0.15) is 5.10 Å². The van der Waals surface area contributed by atoms with Gasteiger partial charge in [-0.25, -0.2) is 0 Å². The van der Waals surface area contributed by atoms with Crippen LogP contribution >= 0.6 is 23.1 Å². The summed E-state index contributed by atoms with van der Waals surface area (Å²) < 4.78 is 3.58.